The van der Waals surface area contributed by atoms with Crippen LogP contribution in [0.2, 0.25) is 0 Å². The molecule has 0 atom stereocenters. The van der Waals surface area contributed by atoms with Crippen LogP contribution in [-0.4, -0.2) is 40.9 Å². The Morgan fingerprint density at radius 3 is 2.62 bits per heavy atom. The first-order chi connectivity index (χ1) is 14.2. The summed E-state index contributed by atoms with van der Waals surface area (Å²) >= 11 is 1.63. The molecule has 2 aromatic heterocycles. The summed E-state index contributed by atoms with van der Waals surface area (Å²) in [6, 6.07) is 11.3. The number of carbonyl (C=O) groups is 1. The number of ether oxygens (including phenoxy) is 1. The zero-order valence-corrected chi connectivity index (χ0v) is 17.2. The smallest absolute Gasteiger partial charge is 0.337 e. The van der Waals surface area contributed by atoms with Gasteiger partial charge in [0.15, 0.2) is 5.16 Å². The first-order valence-corrected chi connectivity index (χ1v) is 10.7. The molecule has 0 aliphatic carbocycles. The highest BCUT2D eigenvalue weighted by molar-refractivity contribution is 7.98. The Kier molecular flexibility index (Phi) is 6.19. The zero-order valence-electron chi connectivity index (χ0n) is 16.4. The maximum Gasteiger partial charge on any atom is 0.337 e. The molecule has 1 aliphatic rings. The van der Waals surface area contributed by atoms with Crippen molar-refractivity contribution in [2.45, 2.75) is 36.7 Å². The fourth-order valence-electron chi connectivity index (χ4n) is 3.42. The quantitative estimate of drug-likeness (QED) is 0.429. The molecule has 8 heteroatoms. The third-order valence-corrected chi connectivity index (χ3v) is 6.01. The van der Waals surface area contributed by atoms with Crippen LogP contribution in [0.15, 0.2) is 52.2 Å². The molecule has 0 bridgehead atoms. The molecule has 0 amide bonds. The van der Waals surface area contributed by atoms with E-state index in [1.54, 1.807) is 30.2 Å². The SMILES string of the molecule is COC(=O)c1ccc(CSc2nnc(N3CCCCC3)n2Cc2ccco2)cc1. The summed E-state index contributed by atoms with van der Waals surface area (Å²) in [4.78, 5) is 13.9. The number of carbonyl (C=O) groups excluding carboxylic acids is 1. The van der Waals surface area contributed by atoms with Crippen molar-refractivity contribution in [2.24, 2.45) is 0 Å². The number of hydrogen-bond donors (Lipinski definition) is 0. The topological polar surface area (TPSA) is 73.4 Å². The molecule has 0 N–H and O–H groups in total. The Bertz CT molecular complexity index is 932. The molecule has 4 rings (SSSR count). The number of furan rings is 1. The van der Waals surface area contributed by atoms with E-state index in [1.165, 1.54) is 26.4 Å². The molecule has 3 heterocycles. The van der Waals surface area contributed by atoms with Crippen molar-refractivity contribution < 1.29 is 13.9 Å². The van der Waals surface area contributed by atoms with E-state index in [9.17, 15) is 4.79 Å². The van der Waals surface area contributed by atoms with Gasteiger partial charge in [0.05, 0.1) is 25.5 Å². The van der Waals surface area contributed by atoms with Gasteiger partial charge >= 0.3 is 5.97 Å². The van der Waals surface area contributed by atoms with Crippen LogP contribution in [0.1, 0.15) is 40.9 Å². The zero-order chi connectivity index (χ0) is 20.1. The lowest BCUT2D eigenvalue weighted by molar-refractivity contribution is 0.0600. The van der Waals surface area contributed by atoms with Crippen molar-refractivity contribution in [3.05, 3.63) is 59.5 Å². The second-order valence-corrected chi connectivity index (χ2v) is 7.92. The minimum absolute atomic E-state index is 0.325. The summed E-state index contributed by atoms with van der Waals surface area (Å²) in [7, 11) is 1.39. The summed E-state index contributed by atoms with van der Waals surface area (Å²) in [5.41, 5.74) is 1.66. The number of aromatic nitrogens is 3. The lowest BCUT2D eigenvalue weighted by atomic mass is 10.1. The van der Waals surface area contributed by atoms with Crippen LogP contribution in [0, 0.1) is 0 Å². The predicted octanol–water partition coefficient (Wildman–Crippen LogP) is 3.99. The van der Waals surface area contributed by atoms with Crippen LogP contribution >= 0.6 is 11.8 Å². The molecule has 0 spiro atoms. The predicted molar refractivity (Wildman–Crippen MR) is 111 cm³/mol. The number of benzene rings is 1. The molecule has 1 aliphatic heterocycles. The Balaban J connectivity index is 1.51. The molecule has 0 unspecified atom stereocenters. The van der Waals surface area contributed by atoms with Gasteiger partial charge in [0.2, 0.25) is 5.95 Å². The maximum atomic E-state index is 11.6. The Hall–Kier alpha value is -2.74. The van der Waals surface area contributed by atoms with Gasteiger partial charge in [-0.05, 0) is 49.1 Å². The van der Waals surface area contributed by atoms with Crippen molar-refractivity contribution in [1.29, 1.82) is 0 Å². The van der Waals surface area contributed by atoms with Crippen molar-refractivity contribution in [1.82, 2.24) is 14.8 Å². The number of methoxy groups -OCH3 is 1. The van der Waals surface area contributed by atoms with Crippen molar-refractivity contribution in [3.63, 3.8) is 0 Å². The van der Waals surface area contributed by atoms with Crippen LogP contribution in [0.4, 0.5) is 5.95 Å². The van der Waals surface area contributed by atoms with E-state index >= 15 is 0 Å². The van der Waals surface area contributed by atoms with Gasteiger partial charge in [-0.25, -0.2) is 4.79 Å². The van der Waals surface area contributed by atoms with E-state index in [0.29, 0.717) is 12.1 Å². The first kappa shape index (κ1) is 19.6. The molecule has 1 fully saturated rings. The number of anilines is 1. The van der Waals surface area contributed by atoms with E-state index in [1.807, 2.05) is 24.3 Å². The lowest BCUT2D eigenvalue weighted by Gasteiger charge is -2.27. The van der Waals surface area contributed by atoms with Gasteiger partial charge in [0, 0.05) is 18.8 Å². The molecule has 0 saturated carbocycles. The molecule has 3 aromatic rings. The second kappa shape index (κ2) is 9.17. The number of rotatable bonds is 7. The normalized spacial score (nSPS) is 14.2. The average molecular weight is 413 g/mol. The molecule has 1 saturated heterocycles. The van der Waals surface area contributed by atoms with E-state index in [2.05, 4.69) is 19.7 Å². The van der Waals surface area contributed by atoms with Crippen LogP contribution in [0.25, 0.3) is 0 Å². The van der Waals surface area contributed by atoms with Gasteiger partial charge in [-0.3, -0.25) is 4.57 Å². The van der Waals surface area contributed by atoms with Crippen LogP contribution in [0.5, 0.6) is 0 Å². The third-order valence-electron chi connectivity index (χ3n) is 4.97. The van der Waals surface area contributed by atoms with Crippen LogP contribution < -0.4 is 4.90 Å². The molecule has 29 heavy (non-hydrogen) atoms. The fourth-order valence-corrected chi connectivity index (χ4v) is 4.30. The Morgan fingerprint density at radius 2 is 1.93 bits per heavy atom. The van der Waals surface area contributed by atoms with E-state index < -0.39 is 0 Å². The van der Waals surface area contributed by atoms with Crippen LogP contribution in [0.3, 0.4) is 0 Å². The van der Waals surface area contributed by atoms with E-state index in [0.717, 1.165) is 41.3 Å². The molecule has 1 aromatic carbocycles. The van der Waals surface area contributed by atoms with E-state index in [4.69, 9.17) is 9.15 Å². The summed E-state index contributed by atoms with van der Waals surface area (Å²) in [6.07, 6.45) is 5.33. The van der Waals surface area contributed by atoms with Crippen molar-refractivity contribution >= 4 is 23.7 Å². The largest absolute Gasteiger partial charge is 0.467 e. The van der Waals surface area contributed by atoms with Gasteiger partial charge in [-0.1, -0.05) is 23.9 Å². The van der Waals surface area contributed by atoms with Gasteiger partial charge in [-0.2, -0.15) is 0 Å². The summed E-state index contributed by atoms with van der Waals surface area (Å²) in [5.74, 6) is 2.20. The highest BCUT2D eigenvalue weighted by Gasteiger charge is 2.21. The standard InChI is InChI=1S/C21H24N4O3S/c1-27-19(26)17-9-7-16(8-10-17)15-29-21-23-22-20(24-11-3-2-4-12-24)25(21)14-18-6-5-13-28-18/h5-10,13H,2-4,11-12,14-15H2,1H3. The molecule has 0 radical (unpaired) electrons. The number of nitrogens with zero attached hydrogens (tertiary/aromatic N) is 4. The van der Waals surface area contributed by atoms with Gasteiger partial charge in [0.1, 0.15) is 5.76 Å². The van der Waals surface area contributed by atoms with E-state index in [-0.39, 0.29) is 5.97 Å². The summed E-state index contributed by atoms with van der Waals surface area (Å²) in [5, 5.41) is 9.82. The molecule has 7 nitrogen and oxygen atoms in total. The fraction of sp³-hybridized carbons (Fsp3) is 0.381. The highest BCUT2D eigenvalue weighted by atomic mass is 32.2. The first-order valence-electron chi connectivity index (χ1n) is 9.75. The number of thioether (sulfide) groups is 1. The molecular formula is C21H24N4O3S. The average Bonchev–Trinajstić information content (AvgIpc) is 3.43. The van der Waals surface area contributed by atoms with Crippen LogP contribution in [-0.2, 0) is 17.0 Å². The maximum absolute atomic E-state index is 11.6. The minimum atomic E-state index is -0.325. The Morgan fingerprint density at radius 1 is 1.14 bits per heavy atom. The lowest BCUT2D eigenvalue weighted by Crippen LogP contribution is -2.32. The molecule has 152 valence electrons. The molecular weight excluding hydrogens is 388 g/mol. The summed E-state index contributed by atoms with van der Waals surface area (Å²) in [6.45, 7) is 2.63. The number of piperidine rings is 1. The van der Waals surface area contributed by atoms with Gasteiger partial charge in [-0.15, -0.1) is 10.2 Å². The number of esters is 1. The number of hydrogen-bond acceptors (Lipinski definition) is 7. The highest BCUT2D eigenvalue weighted by Crippen LogP contribution is 2.28. The van der Waals surface area contributed by atoms with Gasteiger partial charge < -0.3 is 14.1 Å². The monoisotopic (exact) mass is 412 g/mol. The summed E-state index contributed by atoms with van der Waals surface area (Å²) < 4.78 is 12.5. The van der Waals surface area contributed by atoms with Crippen molar-refractivity contribution in [2.75, 3.05) is 25.1 Å². The third kappa shape index (κ3) is 4.64. The second-order valence-electron chi connectivity index (χ2n) is 6.97. The van der Waals surface area contributed by atoms with Crippen molar-refractivity contribution in [3.8, 4) is 0 Å². The Labute approximate surface area is 174 Å². The minimum Gasteiger partial charge on any atom is -0.467 e. The van der Waals surface area contributed by atoms with Gasteiger partial charge in [0.25, 0.3) is 0 Å².